The van der Waals surface area contributed by atoms with Gasteiger partial charge in [0, 0.05) is 31.7 Å². The van der Waals surface area contributed by atoms with Crippen LogP contribution in [0.25, 0.3) is 0 Å². The molecule has 0 saturated carbocycles. The van der Waals surface area contributed by atoms with Gasteiger partial charge in [0.25, 0.3) is 0 Å². The zero-order valence-corrected chi connectivity index (χ0v) is 12.5. The normalized spacial score (nSPS) is 27.9. The number of aryl methyl sites for hydroxylation is 1. The smallest absolute Gasteiger partial charge is 0.0521 e. The first-order valence-electron chi connectivity index (χ1n) is 7.91. The summed E-state index contributed by atoms with van der Waals surface area (Å²) in [6, 6.07) is 9.53. The molecule has 3 heteroatoms. The van der Waals surface area contributed by atoms with E-state index in [0.717, 1.165) is 32.7 Å². The minimum absolute atomic E-state index is 0.613. The molecule has 20 heavy (non-hydrogen) atoms. The lowest BCUT2D eigenvalue weighted by atomic mass is 9.95. The molecule has 0 bridgehead atoms. The first-order chi connectivity index (χ1) is 9.86. The highest BCUT2D eigenvalue weighted by molar-refractivity contribution is 5.28. The lowest BCUT2D eigenvalue weighted by Gasteiger charge is -2.35. The molecule has 2 heterocycles. The molecule has 2 aliphatic rings. The number of rotatable bonds is 3. The van der Waals surface area contributed by atoms with E-state index in [1.54, 1.807) is 5.56 Å². The fraction of sp³-hybridized carbons (Fsp3) is 0.647. The first-order valence-corrected chi connectivity index (χ1v) is 7.91. The van der Waals surface area contributed by atoms with Gasteiger partial charge in [-0.1, -0.05) is 24.3 Å². The van der Waals surface area contributed by atoms with Crippen LogP contribution in [0.15, 0.2) is 24.3 Å². The Bertz CT molecular complexity index is 435. The number of ether oxygens (including phenoxy) is 1. The SMILES string of the molecule is CNC1CCOCC1CN1CCCc2ccccc2C1. The summed E-state index contributed by atoms with van der Waals surface area (Å²) >= 11 is 0. The molecule has 0 aliphatic carbocycles. The summed E-state index contributed by atoms with van der Waals surface area (Å²) in [4.78, 5) is 2.62. The molecule has 1 aromatic carbocycles. The van der Waals surface area contributed by atoms with E-state index in [9.17, 15) is 0 Å². The molecule has 0 amide bonds. The van der Waals surface area contributed by atoms with Crippen LogP contribution in [0.4, 0.5) is 0 Å². The van der Waals surface area contributed by atoms with Crippen molar-refractivity contribution in [3.05, 3.63) is 35.4 Å². The van der Waals surface area contributed by atoms with Crippen molar-refractivity contribution in [2.24, 2.45) is 5.92 Å². The van der Waals surface area contributed by atoms with Crippen LogP contribution < -0.4 is 5.32 Å². The summed E-state index contributed by atoms with van der Waals surface area (Å²) in [6.45, 7) is 5.28. The van der Waals surface area contributed by atoms with Crippen molar-refractivity contribution in [1.29, 1.82) is 0 Å². The van der Waals surface area contributed by atoms with Gasteiger partial charge in [0.2, 0.25) is 0 Å². The van der Waals surface area contributed by atoms with Crippen molar-refractivity contribution < 1.29 is 4.74 Å². The molecule has 1 aromatic rings. The third-order valence-electron chi connectivity index (χ3n) is 4.77. The van der Waals surface area contributed by atoms with Crippen LogP contribution in [-0.4, -0.2) is 44.3 Å². The number of hydrogen-bond donors (Lipinski definition) is 1. The summed E-state index contributed by atoms with van der Waals surface area (Å²) in [5, 5.41) is 3.47. The summed E-state index contributed by atoms with van der Waals surface area (Å²) in [7, 11) is 2.08. The van der Waals surface area contributed by atoms with Crippen LogP contribution in [0.5, 0.6) is 0 Å². The molecule has 0 radical (unpaired) electrons. The number of benzene rings is 1. The topological polar surface area (TPSA) is 24.5 Å². The van der Waals surface area contributed by atoms with E-state index in [2.05, 4.69) is 41.5 Å². The van der Waals surface area contributed by atoms with Crippen molar-refractivity contribution >= 4 is 0 Å². The second-order valence-electron chi connectivity index (χ2n) is 6.13. The molecule has 0 spiro atoms. The molecule has 1 N–H and O–H groups in total. The molecule has 2 aliphatic heterocycles. The van der Waals surface area contributed by atoms with Gasteiger partial charge in [0.05, 0.1) is 6.61 Å². The summed E-state index contributed by atoms with van der Waals surface area (Å²) in [6.07, 6.45) is 3.64. The molecule has 2 atom stereocenters. The largest absolute Gasteiger partial charge is 0.381 e. The van der Waals surface area contributed by atoms with Gasteiger partial charge in [-0.05, 0) is 44.0 Å². The first kappa shape index (κ1) is 14.1. The van der Waals surface area contributed by atoms with E-state index in [-0.39, 0.29) is 0 Å². The Morgan fingerprint density at radius 3 is 3.00 bits per heavy atom. The molecule has 3 rings (SSSR count). The lowest BCUT2D eigenvalue weighted by Crippen LogP contribution is -2.46. The third-order valence-corrected chi connectivity index (χ3v) is 4.77. The van der Waals surface area contributed by atoms with Gasteiger partial charge in [-0.3, -0.25) is 4.90 Å². The molecular weight excluding hydrogens is 248 g/mol. The van der Waals surface area contributed by atoms with Crippen LogP contribution in [0, 0.1) is 5.92 Å². The number of nitrogens with zero attached hydrogens (tertiary/aromatic N) is 1. The Labute approximate surface area is 122 Å². The zero-order chi connectivity index (χ0) is 13.8. The Morgan fingerprint density at radius 2 is 2.15 bits per heavy atom. The van der Waals surface area contributed by atoms with E-state index in [4.69, 9.17) is 4.74 Å². The zero-order valence-electron chi connectivity index (χ0n) is 12.5. The standard InChI is InChI=1S/C17H26N2O/c1-18-17-8-10-20-13-16(17)12-19-9-4-7-14-5-2-3-6-15(14)11-19/h2-3,5-6,16-18H,4,7-13H2,1H3. The van der Waals surface area contributed by atoms with E-state index in [1.165, 1.54) is 24.9 Å². The Balaban J connectivity index is 1.65. The number of fused-ring (bicyclic) bond motifs is 1. The highest BCUT2D eigenvalue weighted by Gasteiger charge is 2.27. The second-order valence-corrected chi connectivity index (χ2v) is 6.13. The van der Waals surface area contributed by atoms with Crippen molar-refractivity contribution in [2.75, 3.05) is 33.4 Å². The second kappa shape index (κ2) is 6.70. The molecule has 0 aromatic heterocycles. The van der Waals surface area contributed by atoms with E-state index in [1.807, 2.05) is 0 Å². The molecule has 2 unspecified atom stereocenters. The van der Waals surface area contributed by atoms with Gasteiger partial charge in [-0.25, -0.2) is 0 Å². The van der Waals surface area contributed by atoms with Crippen LogP contribution in [0.1, 0.15) is 24.0 Å². The molecule has 110 valence electrons. The maximum absolute atomic E-state index is 5.69. The van der Waals surface area contributed by atoms with E-state index in [0.29, 0.717) is 12.0 Å². The Morgan fingerprint density at radius 1 is 1.30 bits per heavy atom. The third kappa shape index (κ3) is 3.22. The lowest BCUT2D eigenvalue weighted by molar-refractivity contribution is 0.0174. The fourth-order valence-electron chi connectivity index (χ4n) is 3.61. The van der Waals surface area contributed by atoms with Gasteiger partial charge in [0.1, 0.15) is 0 Å². The maximum Gasteiger partial charge on any atom is 0.0521 e. The van der Waals surface area contributed by atoms with Crippen LogP contribution >= 0.6 is 0 Å². The predicted octanol–water partition coefficient (Wildman–Crippen LogP) is 2.06. The van der Waals surface area contributed by atoms with Gasteiger partial charge < -0.3 is 10.1 Å². The highest BCUT2D eigenvalue weighted by Crippen LogP contribution is 2.22. The quantitative estimate of drug-likeness (QED) is 0.913. The minimum Gasteiger partial charge on any atom is -0.381 e. The van der Waals surface area contributed by atoms with E-state index < -0.39 is 0 Å². The summed E-state index contributed by atoms with van der Waals surface area (Å²) in [5.74, 6) is 0.624. The predicted molar refractivity (Wildman–Crippen MR) is 81.8 cm³/mol. The van der Waals surface area contributed by atoms with Gasteiger partial charge in [0.15, 0.2) is 0 Å². The van der Waals surface area contributed by atoms with Crippen molar-refractivity contribution in [2.45, 2.75) is 31.8 Å². The van der Waals surface area contributed by atoms with E-state index >= 15 is 0 Å². The Kier molecular flexibility index (Phi) is 4.71. The number of nitrogens with one attached hydrogen (secondary N) is 1. The van der Waals surface area contributed by atoms with Crippen molar-refractivity contribution in [1.82, 2.24) is 10.2 Å². The van der Waals surface area contributed by atoms with Gasteiger partial charge in [-0.15, -0.1) is 0 Å². The Hall–Kier alpha value is -0.900. The minimum atomic E-state index is 0.613. The average molecular weight is 274 g/mol. The molecule has 3 nitrogen and oxygen atoms in total. The summed E-state index contributed by atoms with van der Waals surface area (Å²) in [5.41, 5.74) is 3.06. The molecule has 1 fully saturated rings. The highest BCUT2D eigenvalue weighted by atomic mass is 16.5. The van der Waals surface area contributed by atoms with Crippen LogP contribution in [0.2, 0.25) is 0 Å². The van der Waals surface area contributed by atoms with Crippen LogP contribution in [0.3, 0.4) is 0 Å². The fourth-order valence-corrected chi connectivity index (χ4v) is 3.61. The summed E-state index contributed by atoms with van der Waals surface area (Å²) < 4.78 is 5.69. The van der Waals surface area contributed by atoms with Crippen LogP contribution in [-0.2, 0) is 17.7 Å². The molecule has 1 saturated heterocycles. The average Bonchev–Trinajstić information content (AvgIpc) is 2.69. The monoisotopic (exact) mass is 274 g/mol. The molecular formula is C17H26N2O. The maximum atomic E-state index is 5.69. The van der Waals surface area contributed by atoms with Gasteiger partial charge in [-0.2, -0.15) is 0 Å². The van der Waals surface area contributed by atoms with Crippen molar-refractivity contribution in [3.63, 3.8) is 0 Å². The number of hydrogen-bond acceptors (Lipinski definition) is 3. The van der Waals surface area contributed by atoms with Crippen molar-refractivity contribution in [3.8, 4) is 0 Å². The van der Waals surface area contributed by atoms with Gasteiger partial charge >= 0.3 is 0 Å².